The maximum absolute atomic E-state index is 13.2. The summed E-state index contributed by atoms with van der Waals surface area (Å²) in [7, 11) is 1.31. The number of rotatable bonds is 3. The number of methoxy groups -OCH3 is 1. The Morgan fingerprint density at radius 1 is 1.10 bits per heavy atom. The Labute approximate surface area is 174 Å². The molecule has 6 heteroatoms. The molecule has 0 radical (unpaired) electrons. The highest BCUT2D eigenvalue weighted by molar-refractivity contribution is 6.02. The number of Topliss-reactive ketones (excluding diaryl/α,β-unsaturated/α-hetero) is 1. The zero-order valence-electron chi connectivity index (χ0n) is 16.4. The van der Waals surface area contributed by atoms with Gasteiger partial charge in [0.1, 0.15) is 11.7 Å². The van der Waals surface area contributed by atoms with E-state index in [1.165, 1.54) is 7.11 Å². The number of ketones is 1. The number of carbonyl (C=O) groups is 2. The second-order valence-corrected chi connectivity index (χ2v) is 7.44. The van der Waals surface area contributed by atoms with Gasteiger partial charge in [-0.1, -0.05) is 42.5 Å². The Hall–Kier alpha value is -3.72. The third kappa shape index (κ3) is 3.39. The average molecular weight is 400 g/mol. The second kappa shape index (κ2) is 7.96. The molecule has 150 valence electrons. The number of hydrogen-bond donors (Lipinski definition) is 1. The highest BCUT2D eigenvalue weighted by atomic mass is 16.5. The molecular formula is C24H20N2O4. The van der Waals surface area contributed by atoms with E-state index in [4.69, 9.17) is 14.9 Å². The summed E-state index contributed by atoms with van der Waals surface area (Å²) in [6.45, 7) is 0. The van der Waals surface area contributed by atoms with Crippen molar-refractivity contribution in [3.8, 4) is 6.07 Å². The molecule has 0 spiro atoms. The molecule has 0 amide bonds. The molecule has 0 aromatic heterocycles. The number of esters is 1. The summed E-state index contributed by atoms with van der Waals surface area (Å²) in [5.41, 5.74) is 2.59. The van der Waals surface area contributed by atoms with Gasteiger partial charge in [-0.25, -0.2) is 4.79 Å². The molecule has 30 heavy (non-hydrogen) atoms. The van der Waals surface area contributed by atoms with Gasteiger partial charge in [-0.15, -0.1) is 0 Å². The first-order valence-electron chi connectivity index (χ1n) is 9.68. The van der Waals surface area contributed by atoms with Gasteiger partial charge in [0.15, 0.2) is 5.78 Å². The number of nitrogens with one attached hydrogen (secondary N) is 1. The summed E-state index contributed by atoms with van der Waals surface area (Å²) in [6, 6.07) is 18.5. The predicted octanol–water partition coefficient (Wildman–Crippen LogP) is 4.10. The summed E-state index contributed by atoms with van der Waals surface area (Å²) in [6.07, 6.45) is 0.830. The third-order valence-electron chi connectivity index (χ3n) is 5.73. The molecule has 0 saturated heterocycles. The van der Waals surface area contributed by atoms with Crippen LogP contribution < -0.4 is 0 Å². The largest absolute Gasteiger partial charge is 0.465 e. The molecule has 0 saturated carbocycles. The van der Waals surface area contributed by atoms with Gasteiger partial charge < -0.3 is 9.47 Å². The first-order chi connectivity index (χ1) is 14.5. The van der Waals surface area contributed by atoms with Crippen LogP contribution in [0.15, 0.2) is 65.9 Å². The minimum Gasteiger partial charge on any atom is -0.465 e. The number of ether oxygens (including phenoxy) is 2. The molecule has 6 nitrogen and oxygen atoms in total. The quantitative estimate of drug-likeness (QED) is 0.782. The van der Waals surface area contributed by atoms with Crippen molar-refractivity contribution >= 4 is 17.7 Å². The maximum atomic E-state index is 13.2. The molecule has 2 aromatic carbocycles. The van der Waals surface area contributed by atoms with E-state index in [2.05, 4.69) is 6.07 Å². The molecule has 1 N–H and O–H groups in total. The zero-order valence-corrected chi connectivity index (χ0v) is 16.4. The maximum Gasteiger partial charge on any atom is 0.337 e. The lowest BCUT2D eigenvalue weighted by Crippen LogP contribution is -2.36. The van der Waals surface area contributed by atoms with E-state index in [9.17, 15) is 14.9 Å². The SMILES string of the molecule is COC(=O)c1ccc(C2C3=C(CC(c4ccccc4)CC3=O)OC(=N)C2C#N)cc1. The molecule has 3 atom stereocenters. The van der Waals surface area contributed by atoms with Gasteiger partial charge in [-0.2, -0.15) is 5.26 Å². The first kappa shape index (κ1) is 19.6. The van der Waals surface area contributed by atoms with Crippen LogP contribution in [0, 0.1) is 22.7 Å². The van der Waals surface area contributed by atoms with Crippen LogP contribution in [-0.4, -0.2) is 24.8 Å². The van der Waals surface area contributed by atoms with Crippen molar-refractivity contribution in [1.82, 2.24) is 0 Å². The van der Waals surface area contributed by atoms with Crippen LogP contribution in [0.2, 0.25) is 0 Å². The van der Waals surface area contributed by atoms with Gasteiger partial charge >= 0.3 is 5.97 Å². The van der Waals surface area contributed by atoms with E-state index < -0.39 is 17.8 Å². The highest BCUT2D eigenvalue weighted by Gasteiger charge is 2.44. The van der Waals surface area contributed by atoms with Crippen LogP contribution in [0.1, 0.15) is 46.2 Å². The molecule has 1 aliphatic carbocycles. The lowest BCUT2D eigenvalue weighted by Gasteiger charge is -2.36. The van der Waals surface area contributed by atoms with Crippen molar-refractivity contribution in [2.45, 2.75) is 24.7 Å². The molecule has 2 aliphatic rings. The van der Waals surface area contributed by atoms with E-state index in [1.54, 1.807) is 24.3 Å². The van der Waals surface area contributed by atoms with Crippen LogP contribution in [0.5, 0.6) is 0 Å². The normalized spacial score (nSPS) is 23.3. The first-order valence-corrected chi connectivity index (χ1v) is 9.68. The minimum absolute atomic E-state index is 0.0220. The molecule has 0 bridgehead atoms. The van der Waals surface area contributed by atoms with Crippen molar-refractivity contribution < 1.29 is 19.1 Å². The third-order valence-corrected chi connectivity index (χ3v) is 5.73. The fraction of sp³-hybridized carbons (Fsp3) is 0.250. The van der Waals surface area contributed by atoms with Crippen LogP contribution in [-0.2, 0) is 14.3 Å². The topological polar surface area (TPSA) is 100 Å². The summed E-state index contributed by atoms with van der Waals surface area (Å²) in [5.74, 6) is -1.73. The summed E-state index contributed by atoms with van der Waals surface area (Å²) in [4.78, 5) is 24.9. The molecule has 4 rings (SSSR count). The molecular weight excluding hydrogens is 380 g/mol. The molecule has 1 heterocycles. The van der Waals surface area contributed by atoms with Crippen molar-refractivity contribution in [2.75, 3.05) is 7.11 Å². The fourth-order valence-electron chi connectivity index (χ4n) is 4.25. The lowest BCUT2D eigenvalue weighted by atomic mass is 9.71. The smallest absolute Gasteiger partial charge is 0.337 e. The van der Waals surface area contributed by atoms with Gasteiger partial charge in [0.05, 0.1) is 18.7 Å². The predicted molar refractivity (Wildman–Crippen MR) is 109 cm³/mol. The van der Waals surface area contributed by atoms with E-state index in [-0.39, 0.29) is 17.6 Å². The monoisotopic (exact) mass is 400 g/mol. The van der Waals surface area contributed by atoms with Gasteiger partial charge in [0.25, 0.3) is 0 Å². The number of allylic oxidation sites excluding steroid dienone is 2. The summed E-state index contributed by atoms with van der Waals surface area (Å²) >= 11 is 0. The number of benzene rings is 2. The van der Waals surface area contributed by atoms with E-state index in [0.717, 1.165) is 5.56 Å². The van der Waals surface area contributed by atoms with Crippen molar-refractivity contribution in [3.63, 3.8) is 0 Å². The van der Waals surface area contributed by atoms with Crippen molar-refractivity contribution in [2.24, 2.45) is 5.92 Å². The van der Waals surface area contributed by atoms with Gasteiger partial charge in [0, 0.05) is 24.3 Å². The van der Waals surface area contributed by atoms with E-state index in [1.807, 2.05) is 30.3 Å². The number of hydrogen-bond acceptors (Lipinski definition) is 6. The molecule has 2 aromatic rings. The van der Waals surface area contributed by atoms with Crippen LogP contribution in [0.3, 0.4) is 0 Å². The number of nitriles is 1. The van der Waals surface area contributed by atoms with Crippen molar-refractivity contribution in [1.29, 1.82) is 10.7 Å². The molecule has 3 unspecified atom stereocenters. The van der Waals surface area contributed by atoms with Crippen molar-refractivity contribution in [3.05, 3.63) is 82.6 Å². The number of carbonyl (C=O) groups excluding carboxylic acids is 2. The molecule has 0 fully saturated rings. The Kier molecular flexibility index (Phi) is 5.20. The average Bonchev–Trinajstić information content (AvgIpc) is 2.78. The van der Waals surface area contributed by atoms with Crippen LogP contribution >= 0.6 is 0 Å². The fourth-order valence-corrected chi connectivity index (χ4v) is 4.25. The van der Waals surface area contributed by atoms with Gasteiger partial charge in [-0.3, -0.25) is 10.2 Å². The molecule has 1 aliphatic heterocycles. The van der Waals surface area contributed by atoms with Crippen LogP contribution in [0.25, 0.3) is 0 Å². The summed E-state index contributed by atoms with van der Waals surface area (Å²) in [5, 5.41) is 18.0. The Morgan fingerprint density at radius 2 is 1.80 bits per heavy atom. The van der Waals surface area contributed by atoms with E-state index >= 15 is 0 Å². The second-order valence-electron chi connectivity index (χ2n) is 7.44. The Bertz CT molecular complexity index is 1080. The lowest BCUT2D eigenvalue weighted by molar-refractivity contribution is -0.117. The van der Waals surface area contributed by atoms with E-state index in [0.29, 0.717) is 35.3 Å². The Balaban J connectivity index is 1.75. The zero-order chi connectivity index (χ0) is 21.3. The minimum atomic E-state index is -0.898. The standard InChI is InChI=1S/C24H20N2O4/c1-29-24(28)16-9-7-15(8-10-16)21-18(13-25)23(26)30-20-12-17(11-19(27)22(20)21)14-5-3-2-4-6-14/h2-10,17-18,21,26H,11-12H2,1H3. The van der Waals surface area contributed by atoms with Crippen LogP contribution in [0.4, 0.5) is 0 Å². The summed E-state index contributed by atoms with van der Waals surface area (Å²) < 4.78 is 10.4. The van der Waals surface area contributed by atoms with Gasteiger partial charge in [-0.05, 0) is 29.2 Å². The van der Waals surface area contributed by atoms with Gasteiger partial charge in [0.2, 0.25) is 5.90 Å². The number of nitrogens with zero attached hydrogens (tertiary/aromatic N) is 1. The highest BCUT2D eigenvalue weighted by Crippen LogP contribution is 2.46. The Morgan fingerprint density at radius 3 is 2.43 bits per heavy atom.